The highest BCUT2D eigenvalue weighted by atomic mass is 28.5. The Hall–Kier alpha value is -0.172. The van der Waals surface area contributed by atoms with Crippen molar-refractivity contribution < 1.29 is 0 Å². The van der Waals surface area contributed by atoms with Crippen LogP contribution in [0.2, 0.25) is 28.1 Å². The van der Waals surface area contributed by atoms with Crippen LogP contribution in [0.25, 0.3) is 0 Å². The van der Waals surface area contributed by atoms with Crippen molar-refractivity contribution >= 4 is 35.2 Å². The highest BCUT2D eigenvalue weighted by Gasteiger charge is 2.55. The summed E-state index contributed by atoms with van der Waals surface area (Å²) in [7, 11) is -4.97. The van der Waals surface area contributed by atoms with E-state index in [0.29, 0.717) is 3.91 Å². The number of hydrogen-bond donors (Lipinski definition) is 0. The monoisotopic (exact) mass is 624 g/mol. The molecule has 0 aromatic rings. The van der Waals surface area contributed by atoms with Crippen LogP contribution in [0.15, 0.2) is 49.1 Å². The van der Waals surface area contributed by atoms with E-state index in [0.717, 1.165) is 23.7 Å². The smallest absolute Gasteiger partial charge is 0.0595 e. The van der Waals surface area contributed by atoms with Crippen molar-refractivity contribution in [2.24, 2.45) is 23.7 Å². The summed E-state index contributed by atoms with van der Waals surface area (Å²) < 4.78 is 0.663. The Balaban J connectivity index is 1.79. The van der Waals surface area contributed by atoms with Gasteiger partial charge in [-0.3, -0.25) is 0 Å². The fourth-order valence-corrected chi connectivity index (χ4v) is 42.6. The molecular weight excluding hydrogens is 557 g/mol. The van der Waals surface area contributed by atoms with Gasteiger partial charge < -0.3 is 0 Å². The minimum atomic E-state index is -1.24. The van der Waals surface area contributed by atoms with Gasteiger partial charge in [-0.15, -0.1) is 49.1 Å². The van der Waals surface area contributed by atoms with Crippen molar-refractivity contribution in [2.75, 3.05) is 0 Å². The first kappa shape index (κ1) is 33.7. The summed E-state index contributed by atoms with van der Waals surface area (Å²) in [4.78, 5) is 0. The molecule has 0 N–H and O–H groups in total. The molecule has 0 heterocycles. The van der Waals surface area contributed by atoms with E-state index in [9.17, 15) is 0 Å². The first-order valence-electron chi connectivity index (χ1n) is 18.7. The topological polar surface area (TPSA) is 0 Å². The van der Waals surface area contributed by atoms with Crippen molar-refractivity contribution in [1.29, 1.82) is 0 Å². The SMILES string of the molecule is C=C[SiH](CC1CCCCC1)C([SiH](C=C)CC1CCCCC1)([SiH](C=C)CC1CCCCC1)[SiH](C=C)CC1CCCCC1. The Kier molecular flexibility index (Phi) is 14.8. The highest BCUT2D eigenvalue weighted by Crippen LogP contribution is 2.52. The standard InChI is InChI=1S/C37H68Si4/c1-5-38(29-33-21-13-9-14-22-33)37(39(6-2)30-34-23-15-10-16-24-34,40(7-3)31-35-25-17-11-18-26-35)41(8-4)32-36-27-19-12-20-28-36/h5-8,33-36,38-41H,1-4,9-32H2. The van der Waals surface area contributed by atoms with Gasteiger partial charge in [-0.1, -0.05) is 153 Å². The second kappa shape index (κ2) is 18.0. The van der Waals surface area contributed by atoms with Crippen molar-refractivity contribution in [1.82, 2.24) is 0 Å². The molecule has 4 unspecified atom stereocenters. The Morgan fingerprint density at radius 2 is 0.561 bits per heavy atom. The van der Waals surface area contributed by atoms with Crippen LogP contribution in [0.4, 0.5) is 0 Å². The van der Waals surface area contributed by atoms with Crippen molar-refractivity contribution in [3.05, 3.63) is 49.1 Å². The first-order valence-corrected chi connectivity index (χ1v) is 26.9. The van der Waals surface area contributed by atoms with E-state index in [4.69, 9.17) is 26.3 Å². The lowest BCUT2D eigenvalue weighted by Gasteiger charge is -2.54. The van der Waals surface area contributed by atoms with Crippen molar-refractivity contribution in [2.45, 2.75) is 157 Å². The Morgan fingerprint density at radius 3 is 0.732 bits per heavy atom. The van der Waals surface area contributed by atoms with E-state index in [1.165, 1.54) is 128 Å². The molecule has 0 nitrogen and oxygen atoms in total. The molecule has 0 radical (unpaired) electrons. The third-order valence-corrected chi connectivity index (χ3v) is 40.5. The van der Waals surface area contributed by atoms with Gasteiger partial charge >= 0.3 is 0 Å². The minimum absolute atomic E-state index is 0.663. The summed E-state index contributed by atoms with van der Waals surface area (Å²) in [5.41, 5.74) is 10.8. The Morgan fingerprint density at radius 1 is 0.366 bits per heavy atom. The number of rotatable bonds is 16. The molecule has 4 aliphatic carbocycles. The van der Waals surface area contributed by atoms with Gasteiger partial charge in [-0.2, -0.15) is 0 Å². The van der Waals surface area contributed by atoms with Crippen molar-refractivity contribution in [3.8, 4) is 0 Å². The maximum atomic E-state index is 4.81. The molecule has 0 saturated heterocycles. The van der Waals surface area contributed by atoms with Gasteiger partial charge in [-0.25, -0.2) is 0 Å². The van der Waals surface area contributed by atoms with E-state index in [2.05, 4.69) is 22.8 Å². The van der Waals surface area contributed by atoms with Crippen LogP contribution in [0.5, 0.6) is 0 Å². The van der Waals surface area contributed by atoms with Gasteiger partial charge in [0.25, 0.3) is 0 Å². The van der Waals surface area contributed by atoms with Gasteiger partial charge in [0.05, 0.1) is 35.2 Å². The third kappa shape index (κ3) is 8.94. The highest BCUT2D eigenvalue weighted by molar-refractivity contribution is 7.18. The molecule has 0 aliphatic heterocycles. The molecule has 4 rings (SSSR count). The van der Waals surface area contributed by atoms with Gasteiger partial charge in [0, 0.05) is 0 Å². The van der Waals surface area contributed by atoms with Crippen LogP contribution < -0.4 is 0 Å². The molecule has 0 bridgehead atoms. The molecule has 4 aliphatic rings. The van der Waals surface area contributed by atoms with Crippen LogP contribution >= 0.6 is 0 Å². The molecule has 4 fully saturated rings. The predicted octanol–water partition coefficient (Wildman–Crippen LogP) is 10.5. The molecule has 0 aromatic heterocycles. The van der Waals surface area contributed by atoms with Gasteiger partial charge in [0.1, 0.15) is 0 Å². The zero-order valence-corrected chi connectivity index (χ0v) is 31.8. The molecule has 4 heteroatoms. The molecular formula is C37H68Si4. The summed E-state index contributed by atoms with van der Waals surface area (Å²) in [5, 5.41) is 0. The van der Waals surface area contributed by atoms with E-state index in [-0.39, 0.29) is 0 Å². The minimum Gasteiger partial charge on any atom is -0.107 e. The molecule has 0 amide bonds. The van der Waals surface area contributed by atoms with E-state index in [1.807, 2.05) is 0 Å². The van der Waals surface area contributed by atoms with Crippen LogP contribution in [0, 0.1) is 23.7 Å². The van der Waals surface area contributed by atoms with E-state index < -0.39 is 35.2 Å². The zero-order chi connectivity index (χ0) is 28.9. The van der Waals surface area contributed by atoms with E-state index in [1.54, 1.807) is 24.2 Å². The molecule has 4 atom stereocenters. The Labute approximate surface area is 263 Å². The molecule has 41 heavy (non-hydrogen) atoms. The number of hydrogen-bond acceptors (Lipinski definition) is 0. The lowest BCUT2D eigenvalue weighted by Crippen LogP contribution is -2.62. The average Bonchev–Trinajstić information content (AvgIpc) is 3.04. The maximum Gasteiger partial charge on any atom is 0.0595 e. The average molecular weight is 625 g/mol. The molecule has 0 aromatic carbocycles. The zero-order valence-electron chi connectivity index (χ0n) is 27.2. The van der Waals surface area contributed by atoms with Gasteiger partial charge in [-0.05, 0) is 27.6 Å². The molecule has 0 spiro atoms. The quantitative estimate of drug-likeness (QED) is 0.150. The fraction of sp³-hybridized carbons (Fsp3) is 0.784. The lowest BCUT2D eigenvalue weighted by atomic mass is 9.91. The van der Waals surface area contributed by atoms with Crippen LogP contribution in [0.3, 0.4) is 0 Å². The summed E-state index contributed by atoms with van der Waals surface area (Å²) in [6.07, 6.45) is 29.8. The maximum absolute atomic E-state index is 4.81. The second-order valence-corrected chi connectivity index (χ2v) is 32.0. The van der Waals surface area contributed by atoms with Crippen molar-refractivity contribution in [3.63, 3.8) is 0 Å². The lowest BCUT2D eigenvalue weighted by molar-refractivity contribution is 0.378. The third-order valence-electron chi connectivity index (χ3n) is 13.0. The summed E-state index contributed by atoms with van der Waals surface area (Å²) in [6, 6.07) is 6.26. The summed E-state index contributed by atoms with van der Waals surface area (Å²) in [5.74, 6) is 3.93. The van der Waals surface area contributed by atoms with Crippen LogP contribution in [-0.2, 0) is 0 Å². The summed E-state index contributed by atoms with van der Waals surface area (Å²) in [6.45, 7) is 19.2. The van der Waals surface area contributed by atoms with Gasteiger partial charge in [0.15, 0.2) is 0 Å². The predicted molar refractivity (Wildman–Crippen MR) is 198 cm³/mol. The fourth-order valence-electron chi connectivity index (χ4n) is 10.8. The van der Waals surface area contributed by atoms with Gasteiger partial charge in [0.2, 0.25) is 0 Å². The normalized spacial score (nSPS) is 26.7. The van der Waals surface area contributed by atoms with Crippen LogP contribution in [0.1, 0.15) is 128 Å². The molecule has 232 valence electrons. The van der Waals surface area contributed by atoms with Crippen LogP contribution in [-0.4, -0.2) is 35.2 Å². The first-order chi connectivity index (χ1) is 20.1. The Bertz CT molecular complexity index is 649. The largest absolute Gasteiger partial charge is 0.107 e. The summed E-state index contributed by atoms with van der Waals surface area (Å²) >= 11 is 0. The second-order valence-electron chi connectivity index (χ2n) is 15.3. The van der Waals surface area contributed by atoms with E-state index >= 15 is 0 Å². The molecule has 4 saturated carbocycles.